The van der Waals surface area contributed by atoms with E-state index >= 15 is 0 Å². The highest BCUT2D eigenvalue weighted by Crippen LogP contribution is 2.54. The van der Waals surface area contributed by atoms with Crippen LogP contribution in [0.15, 0.2) is 28.7 Å². The third-order valence-electron chi connectivity index (χ3n) is 6.93. The van der Waals surface area contributed by atoms with Crippen LogP contribution in [0.1, 0.15) is 48.7 Å². The van der Waals surface area contributed by atoms with Crippen LogP contribution in [0.5, 0.6) is 0 Å². The van der Waals surface area contributed by atoms with Crippen LogP contribution in [0.4, 0.5) is 17.5 Å². The van der Waals surface area contributed by atoms with Gasteiger partial charge in [-0.25, -0.2) is 4.98 Å². The lowest BCUT2D eigenvalue weighted by molar-refractivity contribution is 0.0526. The number of anilines is 3. The third kappa shape index (κ3) is 4.62. The fraction of sp³-hybridized carbons (Fsp3) is 0.542. The molecule has 1 atom stereocenters. The Bertz CT molecular complexity index is 1020. The number of benzene rings is 1. The number of nitrogens with zero attached hydrogens (tertiary/aromatic N) is 4. The number of aromatic nitrogens is 2. The van der Waals surface area contributed by atoms with E-state index in [2.05, 4.69) is 47.1 Å². The van der Waals surface area contributed by atoms with Crippen LogP contribution < -0.4 is 15.1 Å². The lowest BCUT2D eigenvalue weighted by atomic mass is 9.93. The van der Waals surface area contributed by atoms with Gasteiger partial charge in [-0.3, -0.25) is 4.79 Å². The Hall–Kier alpha value is -2.19. The summed E-state index contributed by atoms with van der Waals surface area (Å²) in [5.74, 6) is 1.02. The molecule has 32 heavy (non-hydrogen) atoms. The number of ether oxygens (including phenoxy) is 1. The van der Waals surface area contributed by atoms with Gasteiger partial charge in [-0.15, -0.1) is 0 Å². The third-order valence-corrected chi connectivity index (χ3v) is 7.43. The second kappa shape index (κ2) is 8.63. The molecule has 7 nitrogen and oxygen atoms in total. The number of hydrogen-bond acceptors (Lipinski definition) is 6. The minimum atomic E-state index is -0.140. The normalized spacial score (nSPS) is 22.2. The molecule has 0 bridgehead atoms. The van der Waals surface area contributed by atoms with Crippen molar-refractivity contribution in [1.82, 2.24) is 9.97 Å². The quantitative estimate of drug-likeness (QED) is 0.671. The first-order valence-corrected chi connectivity index (χ1v) is 12.3. The molecule has 3 fully saturated rings. The van der Waals surface area contributed by atoms with Gasteiger partial charge in [-0.2, -0.15) is 4.98 Å². The summed E-state index contributed by atoms with van der Waals surface area (Å²) in [5.41, 5.74) is 3.08. The van der Waals surface area contributed by atoms with E-state index in [-0.39, 0.29) is 12.0 Å². The van der Waals surface area contributed by atoms with Gasteiger partial charge in [-0.05, 0) is 63.1 Å². The first-order valence-electron chi connectivity index (χ1n) is 11.5. The zero-order valence-electron chi connectivity index (χ0n) is 18.7. The van der Waals surface area contributed by atoms with Gasteiger partial charge < -0.3 is 19.9 Å². The molecule has 1 amide bonds. The SMILES string of the molecule is Cc1cc(NC(=O)c2ccc(Br)cc2N2CCC3(CC2)CC3)nc(N2CCO[C@H](C)C2)n1. The number of carbonyl (C=O) groups is 1. The number of halogens is 1. The maximum Gasteiger partial charge on any atom is 0.258 e. The number of morpholine rings is 1. The lowest BCUT2D eigenvalue weighted by Crippen LogP contribution is -2.42. The molecular formula is C24H30BrN5O2. The van der Waals surface area contributed by atoms with Crippen molar-refractivity contribution in [3.8, 4) is 0 Å². The van der Waals surface area contributed by atoms with Gasteiger partial charge in [0, 0.05) is 42.4 Å². The lowest BCUT2D eigenvalue weighted by Gasteiger charge is -2.35. The van der Waals surface area contributed by atoms with Crippen molar-refractivity contribution >= 4 is 39.3 Å². The molecule has 5 rings (SSSR count). The largest absolute Gasteiger partial charge is 0.375 e. The van der Waals surface area contributed by atoms with Crippen molar-refractivity contribution in [3.63, 3.8) is 0 Å². The van der Waals surface area contributed by atoms with E-state index in [1.54, 1.807) is 0 Å². The fourth-order valence-electron chi connectivity index (χ4n) is 4.80. The van der Waals surface area contributed by atoms with Crippen LogP contribution in [-0.4, -0.2) is 54.8 Å². The van der Waals surface area contributed by atoms with E-state index in [0.717, 1.165) is 42.0 Å². The number of amides is 1. The molecule has 170 valence electrons. The molecule has 1 N–H and O–H groups in total. The summed E-state index contributed by atoms with van der Waals surface area (Å²) in [4.78, 5) is 27.0. The van der Waals surface area contributed by atoms with Crippen molar-refractivity contribution in [2.24, 2.45) is 5.41 Å². The average Bonchev–Trinajstić information content (AvgIpc) is 3.52. The zero-order valence-corrected chi connectivity index (χ0v) is 20.3. The Kier molecular flexibility index (Phi) is 5.84. The predicted octanol–water partition coefficient (Wildman–Crippen LogP) is 4.41. The zero-order chi connectivity index (χ0) is 22.3. The van der Waals surface area contributed by atoms with Gasteiger partial charge in [0.05, 0.1) is 24.0 Å². The van der Waals surface area contributed by atoms with Crippen molar-refractivity contribution in [1.29, 1.82) is 0 Å². The van der Waals surface area contributed by atoms with E-state index < -0.39 is 0 Å². The van der Waals surface area contributed by atoms with Gasteiger partial charge in [0.1, 0.15) is 5.82 Å². The second-order valence-electron chi connectivity index (χ2n) is 9.42. The highest BCUT2D eigenvalue weighted by molar-refractivity contribution is 9.10. The van der Waals surface area contributed by atoms with Crippen molar-refractivity contribution < 1.29 is 9.53 Å². The van der Waals surface area contributed by atoms with Crippen LogP contribution in [0, 0.1) is 12.3 Å². The summed E-state index contributed by atoms with van der Waals surface area (Å²) in [6.07, 6.45) is 5.30. The van der Waals surface area contributed by atoms with Crippen molar-refractivity contribution in [3.05, 3.63) is 40.0 Å². The summed E-state index contributed by atoms with van der Waals surface area (Å²) in [6.45, 7) is 8.12. The van der Waals surface area contributed by atoms with E-state index in [1.807, 2.05) is 32.0 Å². The van der Waals surface area contributed by atoms with E-state index in [4.69, 9.17) is 4.74 Å². The van der Waals surface area contributed by atoms with Crippen molar-refractivity contribution in [2.45, 2.75) is 45.6 Å². The Balaban J connectivity index is 1.36. The molecule has 1 aromatic heterocycles. The van der Waals surface area contributed by atoms with Gasteiger partial charge >= 0.3 is 0 Å². The number of hydrogen-bond donors (Lipinski definition) is 1. The molecular weight excluding hydrogens is 470 g/mol. The molecule has 1 spiro atoms. The molecule has 2 aromatic rings. The average molecular weight is 500 g/mol. The molecule has 1 saturated carbocycles. The standard InChI is InChI=1S/C24H30BrN5O2/c1-16-13-21(28-23(26-16)30-11-12-32-17(2)15-30)27-22(31)19-4-3-18(25)14-20(19)29-9-7-24(5-6-24)8-10-29/h3-4,13-14,17H,5-12,15H2,1-2H3,(H,26,27,28,31)/t17-/m1/s1. The summed E-state index contributed by atoms with van der Waals surface area (Å²) >= 11 is 3.59. The first-order chi connectivity index (χ1) is 15.4. The molecule has 8 heteroatoms. The Morgan fingerprint density at radius 2 is 1.91 bits per heavy atom. The fourth-order valence-corrected chi connectivity index (χ4v) is 5.15. The van der Waals surface area contributed by atoms with Crippen LogP contribution >= 0.6 is 15.9 Å². The van der Waals surface area contributed by atoms with E-state index in [9.17, 15) is 4.79 Å². The van der Waals surface area contributed by atoms with Gasteiger partial charge in [0.2, 0.25) is 5.95 Å². The predicted molar refractivity (Wildman–Crippen MR) is 130 cm³/mol. The highest BCUT2D eigenvalue weighted by Gasteiger charge is 2.44. The second-order valence-corrected chi connectivity index (χ2v) is 10.3. The topological polar surface area (TPSA) is 70.6 Å². The Morgan fingerprint density at radius 1 is 1.12 bits per heavy atom. The number of rotatable bonds is 4. The molecule has 2 aliphatic heterocycles. The molecule has 1 aliphatic carbocycles. The van der Waals surface area contributed by atoms with E-state index in [1.165, 1.54) is 25.7 Å². The van der Waals surface area contributed by atoms with Gasteiger partial charge in [0.25, 0.3) is 5.91 Å². The Labute approximate surface area is 197 Å². The number of aryl methyl sites for hydroxylation is 1. The molecule has 0 radical (unpaired) electrons. The minimum Gasteiger partial charge on any atom is -0.375 e. The molecule has 1 aromatic carbocycles. The van der Waals surface area contributed by atoms with Crippen molar-refractivity contribution in [2.75, 3.05) is 47.9 Å². The van der Waals surface area contributed by atoms with Crippen LogP contribution in [0.2, 0.25) is 0 Å². The van der Waals surface area contributed by atoms with E-state index in [0.29, 0.717) is 29.4 Å². The smallest absolute Gasteiger partial charge is 0.258 e. The monoisotopic (exact) mass is 499 g/mol. The maximum absolute atomic E-state index is 13.3. The van der Waals surface area contributed by atoms with Crippen LogP contribution in [0.25, 0.3) is 0 Å². The summed E-state index contributed by atoms with van der Waals surface area (Å²) in [6, 6.07) is 7.71. The molecule has 3 heterocycles. The van der Waals surface area contributed by atoms with Gasteiger partial charge in [-0.1, -0.05) is 15.9 Å². The number of piperidine rings is 1. The highest BCUT2D eigenvalue weighted by atomic mass is 79.9. The summed E-state index contributed by atoms with van der Waals surface area (Å²) < 4.78 is 6.62. The Morgan fingerprint density at radius 3 is 2.62 bits per heavy atom. The first kappa shape index (κ1) is 21.6. The molecule has 0 unspecified atom stereocenters. The summed E-state index contributed by atoms with van der Waals surface area (Å²) in [7, 11) is 0. The van der Waals surface area contributed by atoms with Crippen LogP contribution in [-0.2, 0) is 4.74 Å². The maximum atomic E-state index is 13.3. The number of carbonyl (C=O) groups excluding carboxylic acids is 1. The van der Waals surface area contributed by atoms with Gasteiger partial charge in [0.15, 0.2) is 0 Å². The summed E-state index contributed by atoms with van der Waals surface area (Å²) in [5, 5.41) is 3.03. The van der Waals surface area contributed by atoms with Crippen LogP contribution in [0.3, 0.4) is 0 Å². The number of nitrogens with one attached hydrogen (secondary N) is 1. The minimum absolute atomic E-state index is 0.135. The molecule has 2 saturated heterocycles. The molecule has 3 aliphatic rings.